The van der Waals surface area contributed by atoms with Crippen LogP contribution in [-0.4, -0.2) is 12.2 Å². The van der Waals surface area contributed by atoms with Gasteiger partial charge >= 0.3 is 0 Å². The Labute approximate surface area is 62.8 Å². The molecule has 2 fully saturated rings. The van der Waals surface area contributed by atoms with E-state index in [2.05, 4.69) is 13.8 Å². The van der Waals surface area contributed by atoms with Gasteiger partial charge in [0, 0.05) is 0 Å². The van der Waals surface area contributed by atoms with E-state index < -0.39 is 0 Å². The van der Waals surface area contributed by atoms with E-state index in [0.29, 0.717) is 17.6 Å². The molecule has 0 N–H and O–H groups in total. The molecule has 0 radical (unpaired) electrons. The first kappa shape index (κ1) is 6.66. The van der Waals surface area contributed by atoms with Crippen LogP contribution in [0, 0.1) is 5.41 Å². The summed E-state index contributed by atoms with van der Waals surface area (Å²) in [5.41, 5.74) is 0.594. The van der Waals surface area contributed by atoms with Crippen molar-refractivity contribution in [3.05, 3.63) is 0 Å². The second-order valence-electron chi connectivity index (χ2n) is 4.45. The van der Waals surface area contributed by atoms with Crippen LogP contribution in [0.2, 0.25) is 0 Å². The first-order valence-corrected chi connectivity index (χ1v) is 4.33. The second kappa shape index (κ2) is 1.97. The van der Waals surface area contributed by atoms with E-state index in [-0.39, 0.29) is 0 Å². The molecule has 58 valence electrons. The highest BCUT2D eigenvalue weighted by Crippen LogP contribution is 2.42. The molecule has 1 saturated carbocycles. The molecular weight excluding hydrogens is 124 g/mol. The molecule has 0 bridgehead atoms. The molecule has 2 rings (SSSR count). The molecule has 1 heteroatoms. The molecule has 1 nitrogen and oxygen atoms in total. The van der Waals surface area contributed by atoms with Crippen molar-refractivity contribution in [1.29, 1.82) is 0 Å². The summed E-state index contributed by atoms with van der Waals surface area (Å²) < 4.78 is 5.45. The van der Waals surface area contributed by atoms with Crippen molar-refractivity contribution in [1.82, 2.24) is 0 Å². The average molecular weight is 140 g/mol. The van der Waals surface area contributed by atoms with Gasteiger partial charge in [-0.2, -0.15) is 0 Å². The number of fused-ring (bicyclic) bond motifs is 1. The largest absolute Gasteiger partial charge is 0.370 e. The van der Waals surface area contributed by atoms with Gasteiger partial charge in [0.05, 0.1) is 12.2 Å². The molecule has 1 aliphatic carbocycles. The standard InChI is InChI=1S/C9H16O/c1-9(2)5-3-7-8(10-7)4-6-9/h7-8H,3-6H2,1-2H3. The first-order valence-electron chi connectivity index (χ1n) is 4.33. The minimum atomic E-state index is 0.594. The third-order valence-corrected chi connectivity index (χ3v) is 2.90. The van der Waals surface area contributed by atoms with Gasteiger partial charge in [-0.1, -0.05) is 13.8 Å². The zero-order valence-corrected chi connectivity index (χ0v) is 6.89. The minimum absolute atomic E-state index is 0.594. The van der Waals surface area contributed by atoms with Crippen LogP contribution < -0.4 is 0 Å². The fourth-order valence-corrected chi connectivity index (χ4v) is 1.88. The highest BCUT2D eigenvalue weighted by atomic mass is 16.6. The highest BCUT2D eigenvalue weighted by molar-refractivity contribution is 4.91. The maximum atomic E-state index is 5.45. The third-order valence-electron chi connectivity index (χ3n) is 2.90. The predicted molar refractivity (Wildman–Crippen MR) is 40.9 cm³/mol. The normalized spacial score (nSPS) is 43.8. The molecule has 0 spiro atoms. The van der Waals surface area contributed by atoms with Crippen molar-refractivity contribution in [2.24, 2.45) is 5.41 Å². The lowest BCUT2D eigenvalue weighted by molar-refractivity contribution is 0.242. The number of hydrogen-bond donors (Lipinski definition) is 0. The molecule has 1 heterocycles. The first-order chi connectivity index (χ1) is 4.67. The fourth-order valence-electron chi connectivity index (χ4n) is 1.88. The van der Waals surface area contributed by atoms with Gasteiger partial charge < -0.3 is 4.74 Å². The van der Waals surface area contributed by atoms with Crippen molar-refractivity contribution in [3.63, 3.8) is 0 Å². The Bertz CT molecular complexity index is 126. The van der Waals surface area contributed by atoms with Gasteiger partial charge in [0.15, 0.2) is 0 Å². The Morgan fingerprint density at radius 1 is 1.10 bits per heavy atom. The van der Waals surface area contributed by atoms with Crippen molar-refractivity contribution in [3.8, 4) is 0 Å². The van der Waals surface area contributed by atoms with E-state index in [0.717, 1.165) is 0 Å². The molecule has 0 amide bonds. The molecule has 0 aromatic heterocycles. The van der Waals surface area contributed by atoms with Crippen LogP contribution in [0.25, 0.3) is 0 Å². The zero-order valence-electron chi connectivity index (χ0n) is 6.89. The van der Waals surface area contributed by atoms with E-state index in [4.69, 9.17) is 4.74 Å². The summed E-state index contributed by atoms with van der Waals surface area (Å²) in [4.78, 5) is 0. The van der Waals surface area contributed by atoms with E-state index in [1.807, 2.05) is 0 Å². The van der Waals surface area contributed by atoms with E-state index in [9.17, 15) is 0 Å². The van der Waals surface area contributed by atoms with Gasteiger partial charge in [-0.25, -0.2) is 0 Å². The van der Waals surface area contributed by atoms with Crippen molar-refractivity contribution in [2.45, 2.75) is 51.7 Å². The molecule has 0 aromatic rings. The SMILES string of the molecule is CC1(C)CCC2OC2CC1. The third kappa shape index (κ3) is 1.20. The van der Waals surface area contributed by atoms with Gasteiger partial charge in [0.25, 0.3) is 0 Å². The van der Waals surface area contributed by atoms with Crippen LogP contribution in [0.5, 0.6) is 0 Å². The van der Waals surface area contributed by atoms with E-state index in [1.165, 1.54) is 25.7 Å². The molecule has 2 atom stereocenters. The lowest BCUT2D eigenvalue weighted by Gasteiger charge is -2.21. The van der Waals surface area contributed by atoms with Crippen LogP contribution in [0.1, 0.15) is 39.5 Å². The quantitative estimate of drug-likeness (QED) is 0.470. The van der Waals surface area contributed by atoms with Crippen LogP contribution in [0.4, 0.5) is 0 Å². The Balaban J connectivity index is 1.96. The van der Waals surface area contributed by atoms with Crippen LogP contribution in [-0.2, 0) is 4.74 Å². The molecule has 1 saturated heterocycles. The smallest absolute Gasteiger partial charge is 0.0842 e. The Hall–Kier alpha value is -0.0400. The number of ether oxygens (including phenoxy) is 1. The van der Waals surface area contributed by atoms with Gasteiger partial charge in [0.2, 0.25) is 0 Å². The highest BCUT2D eigenvalue weighted by Gasteiger charge is 2.42. The number of epoxide rings is 1. The van der Waals surface area contributed by atoms with Gasteiger partial charge in [0.1, 0.15) is 0 Å². The summed E-state index contributed by atoms with van der Waals surface area (Å²) in [6.07, 6.45) is 6.63. The molecule has 10 heavy (non-hydrogen) atoms. The monoisotopic (exact) mass is 140 g/mol. The molecule has 2 aliphatic rings. The molecule has 1 aliphatic heterocycles. The topological polar surface area (TPSA) is 12.5 Å². The summed E-state index contributed by atoms with van der Waals surface area (Å²) >= 11 is 0. The summed E-state index contributed by atoms with van der Waals surface area (Å²) in [5, 5.41) is 0. The summed E-state index contributed by atoms with van der Waals surface area (Å²) in [7, 11) is 0. The lowest BCUT2D eigenvalue weighted by Crippen LogP contribution is -2.10. The summed E-state index contributed by atoms with van der Waals surface area (Å²) in [6.45, 7) is 4.75. The van der Waals surface area contributed by atoms with Gasteiger partial charge in [-0.15, -0.1) is 0 Å². The van der Waals surface area contributed by atoms with E-state index in [1.54, 1.807) is 0 Å². The lowest BCUT2D eigenvalue weighted by atomic mass is 9.85. The van der Waals surface area contributed by atoms with Crippen molar-refractivity contribution < 1.29 is 4.74 Å². The minimum Gasteiger partial charge on any atom is -0.370 e. The summed E-state index contributed by atoms with van der Waals surface area (Å²) in [5.74, 6) is 0. The van der Waals surface area contributed by atoms with Gasteiger partial charge in [-0.3, -0.25) is 0 Å². The Kier molecular flexibility index (Phi) is 1.31. The molecule has 0 aromatic carbocycles. The predicted octanol–water partition coefficient (Wildman–Crippen LogP) is 2.35. The van der Waals surface area contributed by atoms with Gasteiger partial charge in [-0.05, 0) is 31.1 Å². The van der Waals surface area contributed by atoms with Crippen molar-refractivity contribution in [2.75, 3.05) is 0 Å². The maximum Gasteiger partial charge on any atom is 0.0842 e. The summed E-state index contributed by atoms with van der Waals surface area (Å²) in [6, 6.07) is 0. The second-order valence-corrected chi connectivity index (χ2v) is 4.45. The van der Waals surface area contributed by atoms with Crippen LogP contribution >= 0.6 is 0 Å². The Morgan fingerprint density at radius 3 is 2.10 bits per heavy atom. The van der Waals surface area contributed by atoms with Crippen molar-refractivity contribution >= 4 is 0 Å². The van der Waals surface area contributed by atoms with E-state index >= 15 is 0 Å². The number of rotatable bonds is 0. The van der Waals surface area contributed by atoms with Crippen LogP contribution in [0.15, 0.2) is 0 Å². The Morgan fingerprint density at radius 2 is 1.60 bits per heavy atom. The average Bonchev–Trinajstić information content (AvgIpc) is 2.56. The number of hydrogen-bond acceptors (Lipinski definition) is 1. The molecule has 2 unspecified atom stereocenters. The molecular formula is C9H16O. The fraction of sp³-hybridized carbons (Fsp3) is 1.00. The van der Waals surface area contributed by atoms with Crippen LogP contribution in [0.3, 0.4) is 0 Å². The zero-order chi connectivity index (χ0) is 7.19. The maximum absolute atomic E-state index is 5.45.